The summed E-state index contributed by atoms with van der Waals surface area (Å²) in [5, 5.41) is 2.79. The van der Waals surface area contributed by atoms with Crippen LogP contribution in [0.5, 0.6) is 0 Å². The predicted molar refractivity (Wildman–Crippen MR) is 121 cm³/mol. The molecular weight excluding hydrogens is 416 g/mol. The summed E-state index contributed by atoms with van der Waals surface area (Å²) in [6.07, 6.45) is 6.10. The van der Waals surface area contributed by atoms with Gasteiger partial charge in [0.15, 0.2) is 0 Å². The van der Waals surface area contributed by atoms with Crippen molar-refractivity contribution in [1.82, 2.24) is 9.97 Å². The number of carbonyl (C=O) groups excluding carboxylic acids is 2. The van der Waals surface area contributed by atoms with E-state index >= 15 is 0 Å². The molecule has 0 unspecified atom stereocenters. The molecule has 0 bridgehead atoms. The third-order valence-corrected chi connectivity index (χ3v) is 5.71. The van der Waals surface area contributed by atoms with Gasteiger partial charge in [-0.2, -0.15) is 0 Å². The number of ether oxygens (including phenoxy) is 1. The Labute approximate surface area is 187 Å². The molecule has 7 nitrogen and oxygen atoms in total. The highest BCUT2D eigenvalue weighted by molar-refractivity contribution is 6.28. The van der Waals surface area contributed by atoms with Gasteiger partial charge in [-0.1, -0.05) is 12.1 Å². The molecule has 0 atom stereocenters. The fourth-order valence-corrected chi connectivity index (χ4v) is 4.06. The first-order valence-electron chi connectivity index (χ1n) is 10.5. The van der Waals surface area contributed by atoms with Gasteiger partial charge in [-0.25, -0.2) is 9.97 Å². The highest BCUT2D eigenvalue weighted by atomic mass is 35.5. The van der Waals surface area contributed by atoms with Crippen molar-refractivity contribution in [3.63, 3.8) is 0 Å². The van der Waals surface area contributed by atoms with Gasteiger partial charge in [0, 0.05) is 29.6 Å². The molecule has 2 aromatic rings. The number of nitrogens with zero attached hydrogens (tertiary/aromatic N) is 3. The smallest absolute Gasteiger partial charge is 0.308 e. The van der Waals surface area contributed by atoms with Crippen molar-refractivity contribution >= 4 is 35.9 Å². The zero-order valence-electron chi connectivity index (χ0n) is 17.8. The molecule has 1 aromatic carbocycles. The second kappa shape index (κ2) is 11.0. The van der Waals surface area contributed by atoms with Crippen molar-refractivity contribution in [2.75, 3.05) is 18.5 Å². The van der Waals surface area contributed by atoms with Crippen molar-refractivity contribution in [3.8, 4) is 11.3 Å². The molecule has 0 saturated heterocycles. The van der Waals surface area contributed by atoms with Crippen molar-refractivity contribution in [3.05, 3.63) is 40.8 Å². The van der Waals surface area contributed by atoms with Gasteiger partial charge in [-0.15, -0.1) is 0 Å². The molecule has 164 valence electrons. The van der Waals surface area contributed by atoms with Gasteiger partial charge in [0.25, 0.3) is 0 Å². The molecule has 1 N–H and O–H groups in total. The molecule has 0 aliphatic heterocycles. The molecule has 1 amide bonds. The molecule has 1 aliphatic carbocycles. The third-order valence-electron chi connectivity index (χ3n) is 5.54. The minimum absolute atomic E-state index is 0.0235. The third kappa shape index (κ3) is 6.10. The summed E-state index contributed by atoms with van der Waals surface area (Å²) >= 11 is 6.11. The molecule has 1 aliphatic rings. The van der Waals surface area contributed by atoms with Crippen molar-refractivity contribution in [2.24, 2.45) is 16.8 Å². The van der Waals surface area contributed by atoms with Crippen LogP contribution in [0.25, 0.3) is 11.3 Å². The number of hydrogen-bond donors (Lipinski definition) is 1. The molecule has 31 heavy (non-hydrogen) atoms. The monoisotopic (exact) mass is 442 g/mol. The van der Waals surface area contributed by atoms with E-state index in [1.165, 1.54) is 0 Å². The maximum Gasteiger partial charge on any atom is 0.308 e. The number of carbonyl (C=O) groups is 2. The quantitative estimate of drug-likeness (QED) is 0.282. The first-order chi connectivity index (χ1) is 15.0. The summed E-state index contributed by atoms with van der Waals surface area (Å²) in [6, 6.07) is 7.35. The van der Waals surface area contributed by atoms with Crippen molar-refractivity contribution in [2.45, 2.75) is 39.5 Å². The van der Waals surface area contributed by atoms with Crippen LogP contribution < -0.4 is 5.32 Å². The molecule has 1 saturated carbocycles. The van der Waals surface area contributed by atoms with E-state index in [1.807, 2.05) is 32.2 Å². The van der Waals surface area contributed by atoms with Crippen molar-refractivity contribution < 1.29 is 14.3 Å². The van der Waals surface area contributed by atoms with Crippen LogP contribution in [0.4, 0.5) is 5.69 Å². The Morgan fingerprint density at radius 3 is 2.58 bits per heavy atom. The molecule has 1 heterocycles. The second-order valence-corrected chi connectivity index (χ2v) is 7.98. The molecule has 8 heteroatoms. The van der Waals surface area contributed by atoms with Gasteiger partial charge in [-0.3, -0.25) is 14.6 Å². The normalized spacial score (nSPS) is 18.7. The number of aryl methyl sites for hydroxylation is 1. The topological polar surface area (TPSA) is 93.5 Å². The molecule has 1 fully saturated rings. The van der Waals surface area contributed by atoms with Crippen LogP contribution in [0.15, 0.2) is 29.3 Å². The Morgan fingerprint density at radius 1 is 1.23 bits per heavy atom. The Kier molecular flexibility index (Phi) is 8.12. The molecule has 0 radical (unpaired) electrons. The fraction of sp³-hybridized carbons (Fsp3) is 0.435. The van der Waals surface area contributed by atoms with E-state index in [4.69, 9.17) is 16.3 Å². The van der Waals surface area contributed by atoms with Gasteiger partial charge in [0.05, 0.1) is 23.9 Å². The van der Waals surface area contributed by atoms with Crippen LogP contribution in [0.3, 0.4) is 0 Å². The number of benzene rings is 1. The fourth-order valence-electron chi connectivity index (χ4n) is 3.85. The lowest BCUT2D eigenvalue weighted by Crippen LogP contribution is -2.24. The number of amides is 1. The number of hydrogen-bond acceptors (Lipinski definition) is 6. The Balaban J connectivity index is 1.69. The lowest BCUT2D eigenvalue weighted by Gasteiger charge is -2.26. The average Bonchev–Trinajstić information content (AvgIpc) is 2.76. The van der Waals surface area contributed by atoms with Gasteiger partial charge < -0.3 is 10.1 Å². The first kappa shape index (κ1) is 22.9. The zero-order valence-corrected chi connectivity index (χ0v) is 18.6. The number of aliphatic imine (C=N–C) groups is 1. The standard InChI is InChI=1S/C23H27ClN4O3/c1-3-31-22(30)18-6-4-16(5-7-18)12-25-13-20-15(2)27-23(24)28-21(20)17-8-10-19(11-9-17)26-14-29/h8-11,13-14,16,18H,3-7,12H2,1-2H3,(H,26,29)/b25-13-. The van der Waals surface area contributed by atoms with Gasteiger partial charge >= 0.3 is 5.97 Å². The zero-order chi connectivity index (χ0) is 22.2. The SMILES string of the molecule is CCOC(=O)C1CCC(C/N=C\c2c(C)nc(Cl)nc2-c2ccc(NC=O)cc2)CC1. The van der Waals surface area contributed by atoms with E-state index in [2.05, 4.69) is 20.3 Å². The van der Waals surface area contributed by atoms with E-state index in [0.717, 1.165) is 42.5 Å². The van der Waals surface area contributed by atoms with Crippen LogP contribution in [0, 0.1) is 18.8 Å². The number of halogens is 1. The highest BCUT2D eigenvalue weighted by Crippen LogP contribution is 2.30. The minimum atomic E-state index is -0.0719. The summed E-state index contributed by atoms with van der Waals surface area (Å²) in [4.78, 5) is 35.9. The summed E-state index contributed by atoms with van der Waals surface area (Å²) in [6.45, 7) is 4.85. The van der Waals surface area contributed by atoms with E-state index in [-0.39, 0.29) is 17.2 Å². The van der Waals surface area contributed by atoms with Gasteiger partial charge in [-0.05, 0) is 69.2 Å². The van der Waals surface area contributed by atoms with Crippen molar-refractivity contribution in [1.29, 1.82) is 0 Å². The maximum absolute atomic E-state index is 11.9. The van der Waals surface area contributed by atoms with E-state index in [1.54, 1.807) is 12.1 Å². The highest BCUT2D eigenvalue weighted by Gasteiger charge is 2.26. The summed E-state index contributed by atoms with van der Waals surface area (Å²) in [5.74, 6) is 0.403. The molecular formula is C23H27ClN4O3. The number of anilines is 1. The van der Waals surface area contributed by atoms with Gasteiger partial charge in [0.1, 0.15) is 0 Å². The molecule has 3 rings (SSSR count). The molecule has 0 spiro atoms. The lowest BCUT2D eigenvalue weighted by molar-refractivity contribution is -0.149. The Bertz CT molecular complexity index is 939. The van der Waals surface area contributed by atoms with E-state index in [9.17, 15) is 9.59 Å². The van der Waals surface area contributed by atoms with Crippen LogP contribution in [-0.2, 0) is 14.3 Å². The van der Waals surface area contributed by atoms with Crippen LogP contribution in [0.1, 0.15) is 43.9 Å². The molecule has 1 aromatic heterocycles. The maximum atomic E-state index is 11.9. The Hall–Kier alpha value is -2.80. The summed E-state index contributed by atoms with van der Waals surface area (Å²) in [5.41, 5.74) is 3.83. The number of rotatable bonds is 8. The number of aromatic nitrogens is 2. The summed E-state index contributed by atoms with van der Waals surface area (Å²) < 4.78 is 5.14. The average molecular weight is 443 g/mol. The van der Waals surface area contributed by atoms with E-state index < -0.39 is 0 Å². The van der Waals surface area contributed by atoms with E-state index in [0.29, 0.717) is 36.9 Å². The van der Waals surface area contributed by atoms with Crippen LogP contribution in [-0.4, -0.2) is 41.7 Å². The largest absolute Gasteiger partial charge is 0.466 e. The second-order valence-electron chi connectivity index (χ2n) is 7.64. The lowest BCUT2D eigenvalue weighted by atomic mass is 9.82. The number of nitrogens with one attached hydrogen (secondary N) is 1. The van der Waals surface area contributed by atoms with Crippen LogP contribution >= 0.6 is 11.6 Å². The summed E-state index contributed by atoms with van der Waals surface area (Å²) in [7, 11) is 0. The predicted octanol–water partition coefficient (Wildman–Crippen LogP) is 4.46. The first-order valence-corrected chi connectivity index (χ1v) is 10.9. The Morgan fingerprint density at radius 2 is 1.94 bits per heavy atom. The number of esters is 1. The minimum Gasteiger partial charge on any atom is -0.466 e. The van der Waals surface area contributed by atoms with Gasteiger partial charge in [0.2, 0.25) is 11.7 Å². The van der Waals surface area contributed by atoms with Crippen LogP contribution in [0.2, 0.25) is 5.28 Å².